The summed E-state index contributed by atoms with van der Waals surface area (Å²) in [6, 6.07) is 12.7. The molecule has 108 valence electrons. The average molecular weight is 298 g/mol. The molecule has 0 atom stereocenters. The average Bonchev–Trinajstić information content (AvgIpc) is 2.96. The van der Waals surface area contributed by atoms with E-state index in [2.05, 4.69) is 23.4 Å². The molecule has 4 heteroatoms. The van der Waals surface area contributed by atoms with E-state index >= 15 is 0 Å². The molecule has 3 nitrogen and oxygen atoms in total. The van der Waals surface area contributed by atoms with Gasteiger partial charge in [0.05, 0.1) is 0 Å². The van der Waals surface area contributed by atoms with Crippen LogP contribution in [0.15, 0.2) is 51.3 Å². The monoisotopic (exact) mass is 298 g/mol. The van der Waals surface area contributed by atoms with E-state index < -0.39 is 0 Å². The normalized spacial score (nSPS) is 14.2. The molecule has 1 aliphatic carbocycles. The van der Waals surface area contributed by atoms with Gasteiger partial charge in [0.25, 0.3) is 0 Å². The van der Waals surface area contributed by atoms with Crippen molar-refractivity contribution in [2.45, 2.75) is 36.0 Å². The molecule has 0 saturated carbocycles. The first kappa shape index (κ1) is 14.0. The van der Waals surface area contributed by atoms with Crippen LogP contribution in [0.5, 0.6) is 0 Å². The zero-order valence-electron chi connectivity index (χ0n) is 12.0. The Bertz CT molecular complexity index is 710. The predicted molar refractivity (Wildman–Crippen MR) is 86.3 cm³/mol. The molecule has 0 amide bonds. The lowest BCUT2D eigenvalue weighted by molar-refractivity contribution is 0.318. The van der Waals surface area contributed by atoms with E-state index in [-0.39, 0.29) is 5.84 Å². The standard InChI is InChI=1S/C17H18N2OS/c1-11-5-8-16(15(9-11)17(18)19-20)21-14-7-6-12-3-2-4-13(12)10-14/h5-10,20H,2-4H2,1H3,(H2,18,19). The van der Waals surface area contributed by atoms with Crippen molar-refractivity contribution in [2.75, 3.05) is 0 Å². The third-order valence-electron chi connectivity index (χ3n) is 3.82. The van der Waals surface area contributed by atoms with Crippen LogP contribution in [-0.4, -0.2) is 11.0 Å². The molecule has 0 aliphatic heterocycles. The third-order valence-corrected chi connectivity index (χ3v) is 4.88. The zero-order chi connectivity index (χ0) is 14.8. The maximum Gasteiger partial charge on any atom is 0.171 e. The smallest absolute Gasteiger partial charge is 0.171 e. The molecule has 2 aromatic rings. The molecule has 21 heavy (non-hydrogen) atoms. The van der Waals surface area contributed by atoms with Gasteiger partial charge in [-0.05, 0) is 61.6 Å². The largest absolute Gasteiger partial charge is 0.409 e. The minimum absolute atomic E-state index is 0.155. The Hall–Kier alpha value is -1.94. The van der Waals surface area contributed by atoms with E-state index in [0.29, 0.717) is 0 Å². The summed E-state index contributed by atoms with van der Waals surface area (Å²) in [5, 5.41) is 12.1. The van der Waals surface area contributed by atoms with Crippen molar-refractivity contribution in [3.05, 3.63) is 58.7 Å². The molecule has 3 rings (SSSR count). The molecule has 3 N–H and O–H groups in total. The maximum atomic E-state index is 8.95. The fraction of sp³-hybridized carbons (Fsp3) is 0.235. The van der Waals surface area contributed by atoms with Gasteiger partial charge in [-0.25, -0.2) is 0 Å². The summed E-state index contributed by atoms with van der Waals surface area (Å²) in [5.41, 5.74) is 10.6. The summed E-state index contributed by atoms with van der Waals surface area (Å²) in [4.78, 5) is 2.21. The van der Waals surface area contributed by atoms with Gasteiger partial charge < -0.3 is 10.9 Å². The Morgan fingerprint density at radius 2 is 1.95 bits per heavy atom. The molecular formula is C17H18N2OS. The van der Waals surface area contributed by atoms with Crippen molar-refractivity contribution in [1.29, 1.82) is 0 Å². The van der Waals surface area contributed by atoms with Crippen molar-refractivity contribution in [1.82, 2.24) is 0 Å². The van der Waals surface area contributed by atoms with Crippen LogP contribution in [0.3, 0.4) is 0 Å². The second-order valence-electron chi connectivity index (χ2n) is 5.37. The predicted octanol–water partition coefficient (Wildman–Crippen LogP) is 3.73. The number of hydrogen-bond donors (Lipinski definition) is 2. The Labute approximate surface area is 128 Å². The Balaban J connectivity index is 1.94. The van der Waals surface area contributed by atoms with Crippen LogP contribution in [-0.2, 0) is 12.8 Å². The molecule has 1 aliphatic rings. The molecule has 0 fully saturated rings. The first-order chi connectivity index (χ1) is 10.2. The van der Waals surface area contributed by atoms with E-state index in [0.717, 1.165) is 16.0 Å². The quantitative estimate of drug-likeness (QED) is 0.393. The highest BCUT2D eigenvalue weighted by Gasteiger charge is 2.13. The van der Waals surface area contributed by atoms with Gasteiger partial charge in [-0.15, -0.1) is 0 Å². The first-order valence-electron chi connectivity index (χ1n) is 7.05. The molecule has 0 spiro atoms. The topological polar surface area (TPSA) is 58.6 Å². The lowest BCUT2D eigenvalue weighted by Crippen LogP contribution is -2.14. The zero-order valence-corrected chi connectivity index (χ0v) is 12.8. The number of rotatable bonds is 3. The van der Waals surface area contributed by atoms with E-state index in [1.165, 1.54) is 35.3 Å². The van der Waals surface area contributed by atoms with Crippen LogP contribution in [0.2, 0.25) is 0 Å². The summed E-state index contributed by atoms with van der Waals surface area (Å²) < 4.78 is 0. The van der Waals surface area contributed by atoms with Gasteiger partial charge in [-0.1, -0.05) is 34.6 Å². The van der Waals surface area contributed by atoms with E-state index in [1.807, 2.05) is 25.1 Å². The number of amidine groups is 1. The molecule has 0 aromatic heterocycles. The summed E-state index contributed by atoms with van der Waals surface area (Å²) in [7, 11) is 0. The lowest BCUT2D eigenvalue weighted by atomic mass is 10.1. The van der Waals surface area contributed by atoms with Crippen LogP contribution in [0.4, 0.5) is 0 Å². The molecule has 2 aromatic carbocycles. The van der Waals surface area contributed by atoms with Crippen LogP contribution < -0.4 is 5.73 Å². The Morgan fingerprint density at radius 1 is 1.14 bits per heavy atom. The summed E-state index contributed by atoms with van der Waals surface area (Å²) in [6.45, 7) is 2.00. The summed E-state index contributed by atoms with van der Waals surface area (Å²) in [6.07, 6.45) is 3.62. The number of fused-ring (bicyclic) bond motifs is 1. The fourth-order valence-corrected chi connectivity index (χ4v) is 3.73. The van der Waals surface area contributed by atoms with Crippen LogP contribution >= 0.6 is 11.8 Å². The van der Waals surface area contributed by atoms with Gasteiger partial charge in [-0.2, -0.15) is 0 Å². The van der Waals surface area contributed by atoms with Crippen LogP contribution in [0.25, 0.3) is 0 Å². The number of aryl methyl sites for hydroxylation is 3. The summed E-state index contributed by atoms with van der Waals surface area (Å²) >= 11 is 1.66. The van der Waals surface area contributed by atoms with Crippen molar-refractivity contribution < 1.29 is 5.21 Å². The SMILES string of the molecule is Cc1ccc(Sc2ccc3c(c2)CCC3)c(/C(N)=N/O)c1. The fourth-order valence-electron chi connectivity index (χ4n) is 2.73. The Morgan fingerprint density at radius 3 is 2.76 bits per heavy atom. The van der Waals surface area contributed by atoms with Gasteiger partial charge >= 0.3 is 0 Å². The highest BCUT2D eigenvalue weighted by atomic mass is 32.2. The van der Waals surface area contributed by atoms with Gasteiger partial charge in [0.1, 0.15) is 0 Å². The second-order valence-corrected chi connectivity index (χ2v) is 6.49. The minimum Gasteiger partial charge on any atom is -0.409 e. The molecule has 0 bridgehead atoms. The van der Waals surface area contributed by atoms with Crippen molar-refractivity contribution in [2.24, 2.45) is 10.9 Å². The summed E-state index contributed by atoms with van der Waals surface area (Å²) in [5.74, 6) is 0.155. The number of hydrogen-bond acceptors (Lipinski definition) is 3. The van der Waals surface area contributed by atoms with Crippen LogP contribution in [0.1, 0.15) is 28.7 Å². The molecule has 0 unspecified atom stereocenters. The van der Waals surface area contributed by atoms with Crippen molar-refractivity contribution in [3.63, 3.8) is 0 Å². The first-order valence-corrected chi connectivity index (χ1v) is 7.87. The number of nitrogens with two attached hydrogens (primary N) is 1. The number of oxime groups is 1. The van der Waals surface area contributed by atoms with Crippen LogP contribution in [0, 0.1) is 6.92 Å². The van der Waals surface area contributed by atoms with E-state index in [9.17, 15) is 0 Å². The highest BCUT2D eigenvalue weighted by Crippen LogP contribution is 2.34. The number of benzene rings is 2. The minimum atomic E-state index is 0.155. The van der Waals surface area contributed by atoms with Gasteiger partial charge in [-0.3, -0.25) is 0 Å². The van der Waals surface area contributed by atoms with Crippen molar-refractivity contribution >= 4 is 17.6 Å². The third kappa shape index (κ3) is 2.90. The van der Waals surface area contributed by atoms with Gasteiger partial charge in [0.2, 0.25) is 0 Å². The molecule has 0 saturated heterocycles. The highest BCUT2D eigenvalue weighted by molar-refractivity contribution is 7.99. The van der Waals surface area contributed by atoms with Crippen molar-refractivity contribution in [3.8, 4) is 0 Å². The van der Waals surface area contributed by atoms with Gasteiger partial charge in [0.15, 0.2) is 5.84 Å². The lowest BCUT2D eigenvalue weighted by Gasteiger charge is -2.10. The molecule has 0 heterocycles. The number of nitrogens with zero attached hydrogens (tertiary/aromatic N) is 1. The molecule has 0 radical (unpaired) electrons. The van der Waals surface area contributed by atoms with E-state index in [4.69, 9.17) is 10.9 Å². The van der Waals surface area contributed by atoms with E-state index in [1.54, 1.807) is 11.8 Å². The molecular weight excluding hydrogens is 280 g/mol. The Kier molecular flexibility index (Phi) is 3.88. The maximum absolute atomic E-state index is 8.95. The van der Waals surface area contributed by atoms with Gasteiger partial charge in [0, 0.05) is 15.4 Å². The second kappa shape index (κ2) is 5.82.